The maximum atomic E-state index is 12.3. The summed E-state index contributed by atoms with van der Waals surface area (Å²) >= 11 is 0. The average Bonchev–Trinajstić information content (AvgIpc) is 3.21. The zero-order valence-corrected chi connectivity index (χ0v) is 14.3. The molecule has 0 saturated heterocycles. The van der Waals surface area contributed by atoms with Crippen LogP contribution < -0.4 is 10.9 Å². The van der Waals surface area contributed by atoms with Gasteiger partial charge in [0.25, 0.3) is 5.56 Å². The van der Waals surface area contributed by atoms with Gasteiger partial charge in [-0.05, 0) is 36.8 Å². The van der Waals surface area contributed by atoms with Gasteiger partial charge in [-0.2, -0.15) is 0 Å². The van der Waals surface area contributed by atoms with E-state index in [2.05, 4.69) is 15.3 Å². The molecule has 26 heavy (non-hydrogen) atoms. The average molecular weight is 345 g/mol. The van der Waals surface area contributed by atoms with E-state index in [4.69, 9.17) is 4.42 Å². The van der Waals surface area contributed by atoms with Crippen molar-refractivity contribution < 1.29 is 4.42 Å². The van der Waals surface area contributed by atoms with Crippen LogP contribution in [0.4, 0.5) is 0 Å². The molecule has 0 aliphatic heterocycles. The Balaban J connectivity index is 1.69. The minimum Gasteiger partial charge on any atom is -0.467 e. The van der Waals surface area contributed by atoms with Crippen molar-refractivity contribution >= 4 is 10.9 Å². The van der Waals surface area contributed by atoms with Crippen molar-refractivity contribution in [2.75, 3.05) is 0 Å². The maximum Gasteiger partial charge on any atom is 0.258 e. The molecule has 0 saturated carbocycles. The molecular formula is C21H19N3O2. The van der Waals surface area contributed by atoms with Gasteiger partial charge in [0, 0.05) is 0 Å². The summed E-state index contributed by atoms with van der Waals surface area (Å²) < 4.78 is 5.63. The second kappa shape index (κ2) is 6.98. The van der Waals surface area contributed by atoms with Crippen molar-refractivity contribution in [2.45, 2.75) is 19.0 Å². The monoisotopic (exact) mass is 345 g/mol. The van der Waals surface area contributed by atoms with Crippen molar-refractivity contribution in [3.05, 3.63) is 100 Å². The van der Waals surface area contributed by atoms with Crippen molar-refractivity contribution in [3.8, 4) is 0 Å². The number of furan rings is 1. The molecule has 0 aliphatic carbocycles. The van der Waals surface area contributed by atoms with Crippen molar-refractivity contribution in [1.29, 1.82) is 0 Å². The normalized spacial score (nSPS) is 13.6. The third kappa shape index (κ3) is 3.17. The molecule has 0 bridgehead atoms. The smallest absolute Gasteiger partial charge is 0.258 e. The Kier molecular flexibility index (Phi) is 4.37. The summed E-state index contributed by atoms with van der Waals surface area (Å²) in [6, 6.07) is 20.9. The Morgan fingerprint density at radius 1 is 1.00 bits per heavy atom. The summed E-state index contributed by atoms with van der Waals surface area (Å²) in [4.78, 5) is 19.9. The van der Waals surface area contributed by atoms with Gasteiger partial charge in [-0.1, -0.05) is 42.5 Å². The number of fused-ring (bicyclic) bond motifs is 1. The van der Waals surface area contributed by atoms with E-state index in [1.807, 2.05) is 67.6 Å². The SMILES string of the molecule is C[C@H](N[C@@H](c1ccccc1)c1ccco1)c1nc2ccccc2c(=O)[nH]1. The van der Waals surface area contributed by atoms with Crippen LogP contribution in [0.15, 0.2) is 82.2 Å². The quantitative estimate of drug-likeness (QED) is 0.574. The number of benzene rings is 2. The number of hydrogen-bond donors (Lipinski definition) is 2. The van der Waals surface area contributed by atoms with Crippen LogP contribution in [0.25, 0.3) is 10.9 Å². The van der Waals surface area contributed by atoms with E-state index >= 15 is 0 Å². The Hall–Kier alpha value is -3.18. The summed E-state index contributed by atoms with van der Waals surface area (Å²) in [5.74, 6) is 1.41. The van der Waals surface area contributed by atoms with Crippen LogP contribution in [-0.4, -0.2) is 9.97 Å². The number of rotatable bonds is 5. The third-order valence-corrected chi connectivity index (χ3v) is 4.42. The van der Waals surface area contributed by atoms with Gasteiger partial charge >= 0.3 is 0 Å². The predicted molar refractivity (Wildman–Crippen MR) is 101 cm³/mol. The first kappa shape index (κ1) is 16.3. The van der Waals surface area contributed by atoms with Crippen LogP contribution in [0.5, 0.6) is 0 Å². The zero-order valence-electron chi connectivity index (χ0n) is 14.3. The molecule has 0 amide bonds. The van der Waals surface area contributed by atoms with E-state index in [1.54, 1.807) is 12.3 Å². The topological polar surface area (TPSA) is 70.9 Å². The van der Waals surface area contributed by atoms with E-state index in [9.17, 15) is 4.79 Å². The molecule has 0 radical (unpaired) electrons. The largest absolute Gasteiger partial charge is 0.467 e. The highest BCUT2D eigenvalue weighted by atomic mass is 16.3. The van der Waals surface area contributed by atoms with Crippen LogP contribution >= 0.6 is 0 Å². The van der Waals surface area contributed by atoms with Gasteiger partial charge in [0.2, 0.25) is 0 Å². The summed E-state index contributed by atoms with van der Waals surface area (Å²) in [5.41, 5.74) is 1.64. The molecule has 0 aliphatic rings. The highest BCUT2D eigenvalue weighted by molar-refractivity contribution is 5.77. The molecule has 4 aromatic rings. The van der Waals surface area contributed by atoms with Gasteiger partial charge < -0.3 is 9.40 Å². The van der Waals surface area contributed by atoms with Gasteiger partial charge in [-0.15, -0.1) is 0 Å². The number of nitrogens with zero attached hydrogens (tertiary/aromatic N) is 1. The fourth-order valence-corrected chi connectivity index (χ4v) is 3.08. The second-order valence-electron chi connectivity index (χ2n) is 6.22. The standard InChI is InChI=1S/C21H19N3O2/c1-14(20-23-17-11-6-5-10-16(17)21(25)24-20)22-19(18-12-7-13-26-18)15-8-3-2-4-9-15/h2-14,19,22H,1H3,(H,23,24,25)/t14-,19-/m0/s1. The van der Waals surface area contributed by atoms with E-state index in [0.29, 0.717) is 16.7 Å². The van der Waals surface area contributed by atoms with E-state index in [0.717, 1.165) is 11.3 Å². The Labute approximate surface area is 150 Å². The molecule has 2 aromatic heterocycles. The summed E-state index contributed by atoms with van der Waals surface area (Å²) in [5, 5.41) is 4.11. The molecular weight excluding hydrogens is 326 g/mol. The fourth-order valence-electron chi connectivity index (χ4n) is 3.08. The Bertz CT molecular complexity index is 1060. The first-order valence-electron chi connectivity index (χ1n) is 8.56. The molecule has 0 spiro atoms. The molecule has 2 N–H and O–H groups in total. The summed E-state index contributed by atoms with van der Waals surface area (Å²) in [6.45, 7) is 1.98. The molecule has 4 rings (SSSR count). The lowest BCUT2D eigenvalue weighted by atomic mass is 10.0. The number of aromatic nitrogens is 2. The van der Waals surface area contributed by atoms with Gasteiger partial charge in [0.1, 0.15) is 11.6 Å². The van der Waals surface area contributed by atoms with Gasteiger partial charge in [0.15, 0.2) is 0 Å². The lowest BCUT2D eigenvalue weighted by molar-refractivity contribution is 0.412. The number of para-hydroxylation sites is 1. The van der Waals surface area contributed by atoms with Gasteiger partial charge in [-0.3, -0.25) is 10.1 Å². The lowest BCUT2D eigenvalue weighted by Crippen LogP contribution is -2.28. The molecule has 2 atom stereocenters. The first-order chi connectivity index (χ1) is 12.7. The van der Waals surface area contributed by atoms with Crippen LogP contribution in [0.3, 0.4) is 0 Å². The van der Waals surface area contributed by atoms with Crippen molar-refractivity contribution in [2.24, 2.45) is 0 Å². The Morgan fingerprint density at radius 2 is 1.77 bits per heavy atom. The van der Waals surface area contributed by atoms with Crippen LogP contribution in [0, 0.1) is 0 Å². The molecule has 5 nitrogen and oxygen atoms in total. The maximum absolute atomic E-state index is 12.3. The molecule has 2 aromatic carbocycles. The molecule has 0 fully saturated rings. The number of aromatic amines is 1. The molecule has 2 heterocycles. The van der Waals surface area contributed by atoms with Gasteiger partial charge in [-0.25, -0.2) is 4.98 Å². The highest BCUT2D eigenvalue weighted by Gasteiger charge is 2.21. The minimum atomic E-state index is -0.178. The van der Waals surface area contributed by atoms with Gasteiger partial charge in [0.05, 0.1) is 29.2 Å². The summed E-state index contributed by atoms with van der Waals surface area (Å²) in [6.07, 6.45) is 1.66. The van der Waals surface area contributed by atoms with Crippen molar-refractivity contribution in [1.82, 2.24) is 15.3 Å². The Morgan fingerprint density at radius 3 is 2.54 bits per heavy atom. The van der Waals surface area contributed by atoms with E-state index in [1.165, 1.54) is 0 Å². The molecule has 5 heteroatoms. The van der Waals surface area contributed by atoms with E-state index in [-0.39, 0.29) is 17.6 Å². The third-order valence-electron chi connectivity index (χ3n) is 4.42. The zero-order chi connectivity index (χ0) is 17.9. The number of hydrogen-bond acceptors (Lipinski definition) is 4. The summed E-state index contributed by atoms with van der Waals surface area (Å²) in [7, 11) is 0. The fraction of sp³-hybridized carbons (Fsp3) is 0.143. The van der Waals surface area contributed by atoms with Crippen LogP contribution in [-0.2, 0) is 0 Å². The van der Waals surface area contributed by atoms with Crippen LogP contribution in [0.1, 0.15) is 36.2 Å². The lowest BCUT2D eigenvalue weighted by Gasteiger charge is -2.22. The molecule has 130 valence electrons. The second-order valence-corrected chi connectivity index (χ2v) is 6.22. The molecule has 0 unspecified atom stereocenters. The predicted octanol–water partition coefficient (Wildman–Crippen LogP) is 3.96. The highest BCUT2D eigenvalue weighted by Crippen LogP contribution is 2.25. The first-order valence-corrected chi connectivity index (χ1v) is 8.56. The van der Waals surface area contributed by atoms with Crippen LogP contribution in [0.2, 0.25) is 0 Å². The number of H-pyrrole nitrogens is 1. The minimum absolute atomic E-state index is 0.131. The van der Waals surface area contributed by atoms with Crippen molar-refractivity contribution in [3.63, 3.8) is 0 Å². The van der Waals surface area contributed by atoms with E-state index < -0.39 is 0 Å². The number of nitrogens with one attached hydrogen (secondary N) is 2.